The van der Waals surface area contributed by atoms with Crippen LogP contribution in [0, 0.1) is 6.92 Å². The lowest BCUT2D eigenvalue weighted by Crippen LogP contribution is -2.38. The van der Waals surface area contributed by atoms with Crippen molar-refractivity contribution in [1.29, 1.82) is 0 Å². The molecule has 0 bridgehead atoms. The fourth-order valence-electron chi connectivity index (χ4n) is 2.94. The van der Waals surface area contributed by atoms with E-state index in [1.165, 1.54) is 0 Å². The van der Waals surface area contributed by atoms with Gasteiger partial charge in [-0.1, -0.05) is 31.2 Å². The van der Waals surface area contributed by atoms with Crippen molar-refractivity contribution in [1.82, 2.24) is 9.62 Å². The quantitative estimate of drug-likeness (QED) is 0.818. The van der Waals surface area contributed by atoms with Crippen molar-refractivity contribution in [3.8, 4) is 0 Å². The first-order chi connectivity index (χ1) is 10.4. The highest BCUT2D eigenvalue weighted by atomic mass is 32.2. The molecular formula is C15H22N2O4S. The third-order valence-electron chi connectivity index (χ3n) is 4.04. The van der Waals surface area contributed by atoms with Crippen LogP contribution in [0.15, 0.2) is 24.3 Å². The summed E-state index contributed by atoms with van der Waals surface area (Å²) in [5.74, 6) is -0.948. The minimum atomic E-state index is -3.38. The fourth-order valence-corrected chi connectivity index (χ4v) is 4.38. The molecule has 0 amide bonds. The fraction of sp³-hybridized carbons (Fsp3) is 0.533. The Morgan fingerprint density at radius 1 is 1.45 bits per heavy atom. The molecule has 0 spiro atoms. The molecule has 1 saturated heterocycles. The Balaban J connectivity index is 2.23. The number of sulfonamides is 1. The summed E-state index contributed by atoms with van der Waals surface area (Å²) in [5.41, 5.74) is 1.62. The minimum Gasteiger partial charge on any atom is -0.480 e. The lowest BCUT2D eigenvalue weighted by Gasteiger charge is -2.25. The van der Waals surface area contributed by atoms with Gasteiger partial charge < -0.3 is 5.11 Å². The van der Waals surface area contributed by atoms with Gasteiger partial charge in [-0.3, -0.25) is 9.69 Å². The van der Waals surface area contributed by atoms with Gasteiger partial charge in [-0.05, 0) is 24.5 Å². The predicted octanol–water partition coefficient (Wildman–Crippen LogP) is 1.13. The number of benzene rings is 1. The maximum absolute atomic E-state index is 12.1. The van der Waals surface area contributed by atoms with Crippen LogP contribution in [0.4, 0.5) is 0 Å². The summed E-state index contributed by atoms with van der Waals surface area (Å²) < 4.78 is 26.7. The topological polar surface area (TPSA) is 86.7 Å². The van der Waals surface area contributed by atoms with Crippen LogP contribution >= 0.6 is 0 Å². The predicted molar refractivity (Wildman–Crippen MR) is 84.1 cm³/mol. The van der Waals surface area contributed by atoms with Crippen LogP contribution in [0.5, 0.6) is 0 Å². The van der Waals surface area contributed by atoms with Crippen molar-refractivity contribution in [3.05, 3.63) is 35.4 Å². The highest BCUT2D eigenvalue weighted by molar-refractivity contribution is 7.90. The van der Waals surface area contributed by atoms with E-state index in [0.717, 1.165) is 11.1 Å². The van der Waals surface area contributed by atoms with Gasteiger partial charge in [0.15, 0.2) is 0 Å². The van der Waals surface area contributed by atoms with Crippen LogP contribution in [-0.4, -0.2) is 49.3 Å². The number of carboxylic acids is 1. The Kier molecular flexibility index (Phi) is 5.20. The third-order valence-corrected chi connectivity index (χ3v) is 6.00. The standard InChI is InChI=1S/C15H22N2O4S/c1-3-16-22(20,21)12-8-9-17(10-12)14(15(18)19)13-7-5-4-6-11(13)2/h4-7,12,14,16H,3,8-10H2,1-2H3,(H,18,19). The number of rotatable bonds is 6. The number of aryl methyl sites for hydroxylation is 1. The van der Waals surface area contributed by atoms with E-state index in [-0.39, 0.29) is 6.54 Å². The second-order valence-electron chi connectivity index (χ2n) is 5.55. The second-order valence-corrected chi connectivity index (χ2v) is 7.59. The zero-order valence-corrected chi connectivity index (χ0v) is 13.6. The summed E-state index contributed by atoms with van der Waals surface area (Å²) in [5, 5.41) is 9.04. The van der Waals surface area contributed by atoms with E-state index < -0.39 is 27.3 Å². The summed E-state index contributed by atoms with van der Waals surface area (Å²) in [6.45, 7) is 4.64. The summed E-state index contributed by atoms with van der Waals surface area (Å²) in [4.78, 5) is 13.5. The molecule has 1 heterocycles. The Morgan fingerprint density at radius 3 is 2.73 bits per heavy atom. The zero-order valence-electron chi connectivity index (χ0n) is 12.8. The Labute approximate surface area is 131 Å². The highest BCUT2D eigenvalue weighted by Crippen LogP contribution is 2.29. The molecule has 2 N–H and O–H groups in total. The zero-order chi connectivity index (χ0) is 16.3. The van der Waals surface area contributed by atoms with Crippen molar-refractivity contribution in [2.75, 3.05) is 19.6 Å². The molecule has 0 radical (unpaired) electrons. The lowest BCUT2D eigenvalue weighted by atomic mass is 10.0. The SMILES string of the molecule is CCNS(=O)(=O)C1CCN(C(C(=O)O)c2ccccc2C)C1. The maximum atomic E-state index is 12.1. The molecule has 2 rings (SSSR count). The first-order valence-electron chi connectivity index (χ1n) is 7.37. The highest BCUT2D eigenvalue weighted by Gasteiger charge is 2.39. The Bertz CT molecular complexity index is 645. The van der Waals surface area contributed by atoms with Crippen LogP contribution in [-0.2, 0) is 14.8 Å². The van der Waals surface area contributed by atoms with Gasteiger partial charge in [-0.15, -0.1) is 0 Å². The third kappa shape index (κ3) is 3.48. The van der Waals surface area contributed by atoms with Gasteiger partial charge in [-0.25, -0.2) is 13.1 Å². The molecule has 6 nitrogen and oxygen atoms in total. The molecule has 0 saturated carbocycles. The van der Waals surface area contributed by atoms with Gasteiger partial charge >= 0.3 is 5.97 Å². The van der Waals surface area contributed by atoms with Crippen LogP contribution in [0.1, 0.15) is 30.5 Å². The van der Waals surface area contributed by atoms with Crippen molar-refractivity contribution in [2.24, 2.45) is 0 Å². The van der Waals surface area contributed by atoms with Gasteiger partial charge in [0.05, 0.1) is 5.25 Å². The van der Waals surface area contributed by atoms with E-state index >= 15 is 0 Å². The number of hydrogen-bond acceptors (Lipinski definition) is 4. The normalized spacial score (nSPS) is 20.9. The Hall–Kier alpha value is -1.44. The monoisotopic (exact) mass is 326 g/mol. The number of carboxylic acid groups (broad SMARTS) is 1. The van der Waals surface area contributed by atoms with Gasteiger partial charge in [0.1, 0.15) is 6.04 Å². The number of hydrogen-bond donors (Lipinski definition) is 2. The number of nitrogens with zero attached hydrogens (tertiary/aromatic N) is 1. The van der Waals surface area contributed by atoms with Crippen LogP contribution in [0.25, 0.3) is 0 Å². The minimum absolute atomic E-state index is 0.237. The van der Waals surface area contributed by atoms with Crippen LogP contribution in [0.2, 0.25) is 0 Å². The van der Waals surface area contributed by atoms with E-state index in [9.17, 15) is 18.3 Å². The van der Waals surface area contributed by atoms with E-state index in [0.29, 0.717) is 19.5 Å². The molecule has 1 aliphatic rings. The molecule has 1 aromatic carbocycles. The number of aliphatic carboxylic acids is 1. The molecule has 0 aliphatic carbocycles. The maximum Gasteiger partial charge on any atom is 0.325 e. The van der Waals surface area contributed by atoms with Crippen molar-refractivity contribution in [2.45, 2.75) is 31.6 Å². The molecule has 7 heteroatoms. The number of carbonyl (C=O) groups is 1. The summed E-state index contributed by atoms with van der Waals surface area (Å²) >= 11 is 0. The molecule has 2 atom stereocenters. The number of likely N-dealkylation sites (tertiary alicyclic amines) is 1. The smallest absolute Gasteiger partial charge is 0.325 e. The molecule has 2 unspecified atom stereocenters. The average molecular weight is 326 g/mol. The summed E-state index contributed by atoms with van der Waals surface area (Å²) in [6.07, 6.45) is 0.449. The Morgan fingerprint density at radius 2 is 2.14 bits per heavy atom. The van der Waals surface area contributed by atoms with Gasteiger partial charge in [0.25, 0.3) is 0 Å². The van der Waals surface area contributed by atoms with Crippen molar-refractivity contribution in [3.63, 3.8) is 0 Å². The van der Waals surface area contributed by atoms with Crippen molar-refractivity contribution < 1.29 is 18.3 Å². The first kappa shape index (κ1) is 16.9. The molecule has 1 aromatic rings. The van der Waals surface area contributed by atoms with Crippen LogP contribution in [0.3, 0.4) is 0 Å². The number of nitrogens with one attached hydrogen (secondary N) is 1. The summed E-state index contributed by atoms with van der Waals surface area (Å²) in [7, 11) is -3.38. The largest absolute Gasteiger partial charge is 0.480 e. The van der Waals surface area contributed by atoms with E-state index in [4.69, 9.17) is 0 Å². The lowest BCUT2D eigenvalue weighted by molar-refractivity contribution is -0.143. The summed E-state index contributed by atoms with van der Waals surface area (Å²) in [6, 6.07) is 6.53. The molecule has 122 valence electrons. The van der Waals surface area contributed by atoms with E-state index in [2.05, 4.69) is 4.72 Å². The molecule has 22 heavy (non-hydrogen) atoms. The van der Waals surface area contributed by atoms with Gasteiger partial charge in [-0.2, -0.15) is 0 Å². The molecule has 1 fully saturated rings. The van der Waals surface area contributed by atoms with Gasteiger partial charge in [0.2, 0.25) is 10.0 Å². The van der Waals surface area contributed by atoms with E-state index in [1.807, 2.05) is 19.1 Å². The average Bonchev–Trinajstić information content (AvgIpc) is 2.91. The van der Waals surface area contributed by atoms with E-state index in [1.54, 1.807) is 24.0 Å². The van der Waals surface area contributed by atoms with Gasteiger partial charge in [0, 0.05) is 19.6 Å². The second kappa shape index (κ2) is 6.76. The molecular weight excluding hydrogens is 304 g/mol. The van der Waals surface area contributed by atoms with Crippen molar-refractivity contribution >= 4 is 16.0 Å². The molecule has 1 aliphatic heterocycles. The molecule has 0 aromatic heterocycles. The van der Waals surface area contributed by atoms with Crippen LogP contribution < -0.4 is 4.72 Å². The first-order valence-corrected chi connectivity index (χ1v) is 8.92.